The summed E-state index contributed by atoms with van der Waals surface area (Å²) >= 11 is 0. The molecule has 0 aromatic rings. The minimum absolute atomic E-state index is 0.407. The van der Waals surface area contributed by atoms with Crippen LogP contribution in [0.2, 0.25) is 0 Å². The maximum absolute atomic E-state index is 11.2. The Morgan fingerprint density at radius 1 is 1.07 bits per heavy atom. The summed E-state index contributed by atoms with van der Waals surface area (Å²) in [7, 11) is 0. The van der Waals surface area contributed by atoms with Crippen molar-refractivity contribution in [1.29, 1.82) is 0 Å². The van der Waals surface area contributed by atoms with Crippen LogP contribution in [0.15, 0.2) is 0 Å². The molecule has 0 aromatic heterocycles. The Morgan fingerprint density at radius 2 is 1.80 bits per heavy atom. The fraction of sp³-hybridized carbons (Fsp3) is 1.00. The number of rotatable bonds is 11. The monoisotopic (exact) mass is 216 g/mol. The number of hydrogen-bond donors (Lipinski definition) is 1. The van der Waals surface area contributed by atoms with Crippen molar-refractivity contribution in [3.05, 3.63) is 0 Å². The first-order valence-corrected chi connectivity index (χ1v) is 6.29. The fourth-order valence-electron chi connectivity index (χ4n) is 1.35. The highest BCUT2D eigenvalue weighted by Gasteiger charge is 2.03. The maximum atomic E-state index is 11.2. The van der Waals surface area contributed by atoms with Crippen molar-refractivity contribution < 1.29 is 9.84 Å². The molecule has 0 aliphatic heterocycles. The molecule has 1 N–H and O–H groups in total. The molecule has 0 spiro atoms. The largest absolute Gasteiger partial charge is 0.334 e. The zero-order chi connectivity index (χ0) is 11.4. The summed E-state index contributed by atoms with van der Waals surface area (Å²) in [6, 6.07) is 0. The Morgan fingerprint density at radius 3 is 2.47 bits per heavy atom. The third kappa shape index (κ3) is 11.8. The highest BCUT2D eigenvalue weighted by atomic mass is 16.6. The van der Waals surface area contributed by atoms with Gasteiger partial charge in [-0.2, -0.15) is 0 Å². The van der Waals surface area contributed by atoms with E-state index >= 15 is 0 Å². The van der Waals surface area contributed by atoms with Crippen LogP contribution in [0.25, 0.3) is 0 Å². The Kier molecular flexibility index (Phi) is 11.9. The van der Waals surface area contributed by atoms with E-state index in [1.54, 1.807) is 0 Å². The molecular weight excluding hydrogens is 190 g/mol. The first kappa shape index (κ1) is 14.9. The van der Waals surface area contributed by atoms with Gasteiger partial charge >= 0.3 is 0 Å². The molecule has 0 rings (SSSR count). The van der Waals surface area contributed by atoms with E-state index in [1.165, 1.54) is 25.7 Å². The molecule has 0 aliphatic rings. The first-order chi connectivity index (χ1) is 7.31. The van der Waals surface area contributed by atoms with Crippen molar-refractivity contribution in [3.8, 4) is 0 Å². The van der Waals surface area contributed by atoms with Crippen LogP contribution in [0.5, 0.6) is 0 Å². The Bertz CT molecular complexity index is 120. The normalized spacial score (nSPS) is 13.0. The highest BCUT2D eigenvalue weighted by Crippen LogP contribution is 2.01. The molecule has 0 saturated heterocycles. The van der Waals surface area contributed by atoms with Gasteiger partial charge < -0.3 is 4.74 Å². The van der Waals surface area contributed by atoms with Gasteiger partial charge in [0.25, 0.3) is 0 Å². The van der Waals surface area contributed by atoms with E-state index in [0.717, 1.165) is 19.4 Å². The van der Waals surface area contributed by atoms with Crippen molar-refractivity contribution in [3.63, 3.8) is 0 Å². The summed E-state index contributed by atoms with van der Waals surface area (Å²) in [6.45, 7) is 5.65. The average molecular weight is 216 g/mol. The van der Waals surface area contributed by atoms with E-state index < -0.39 is 6.29 Å². The second kappa shape index (κ2) is 12.0. The predicted octanol–water partition coefficient (Wildman–Crippen LogP) is 3.08. The SMILES string of the molecule is CCCCCCNCOC([O])CCCC. The smallest absolute Gasteiger partial charge is 0.192 e. The van der Waals surface area contributed by atoms with Gasteiger partial charge in [0.15, 0.2) is 6.29 Å². The van der Waals surface area contributed by atoms with E-state index in [1.807, 2.05) is 0 Å². The zero-order valence-electron chi connectivity index (χ0n) is 10.3. The molecule has 0 amide bonds. The summed E-state index contributed by atoms with van der Waals surface area (Å²) in [6.07, 6.45) is 6.81. The van der Waals surface area contributed by atoms with Crippen molar-refractivity contribution >= 4 is 0 Å². The van der Waals surface area contributed by atoms with Crippen molar-refractivity contribution in [2.45, 2.75) is 65.1 Å². The predicted molar refractivity (Wildman–Crippen MR) is 62.1 cm³/mol. The molecule has 0 bridgehead atoms. The molecule has 0 fully saturated rings. The molecule has 0 aromatic carbocycles. The van der Waals surface area contributed by atoms with E-state index in [9.17, 15) is 5.11 Å². The van der Waals surface area contributed by atoms with E-state index in [2.05, 4.69) is 19.2 Å². The lowest BCUT2D eigenvalue weighted by atomic mass is 10.2. The van der Waals surface area contributed by atoms with Gasteiger partial charge in [0.05, 0.1) is 6.73 Å². The summed E-state index contributed by atoms with van der Waals surface area (Å²) < 4.78 is 5.08. The highest BCUT2D eigenvalue weighted by molar-refractivity contribution is 4.45. The number of unbranched alkanes of at least 4 members (excludes halogenated alkanes) is 4. The standard InChI is InChI=1S/C12H26NO2/c1-3-5-7-8-10-13-11-15-12(14)9-6-4-2/h12-13H,3-11H2,1-2H3. The second-order valence-corrected chi connectivity index (χ2v) is 3.94. The molecule has 1 atom stereocenters. The third-order valence-corrected chi connectivity index (χ3v) is 2.37. The molecule has 1 unspecified atom stereocenters. The number of nitrogens with one attached hydrogen (secondary N) is 1. The molecule has 3 heteroatoms. The Labute approximate surface area is 94.2 Å². The summed E-state index contributed by atoms with van der Waals surface area (Å²) in [4.78, 5) is 0. The van der Waals surface area contributed by atoms with E-state index in [4.69, 9.17) is 4.74 Å². The van der Waals surface area contributed by atoms with Gasteiger partial charge in [-0.15, -0.1) is 0 Å². The molecule has 0 saturated carbocycles. The lowest BCUT2D eigenvalue weighted by Crippen LogP contribution is -2.23. The summed E-state index contributed by atoms with van der Waals surface area (Å²) in [5.41, 5.74) is 0. The van der Waals surface area contributed by atoms with Crippen LogP contribution >= 0.6 is 0 Å². The van der Waals surface area contributed by atoms with Crippen LogP contribution in [-0.2, 0) is 9.84 Å². The fourth-order valence-corrected chi connectivity index (χ4v) is 1.35. The number of hydrogen-bond acceptors (Lipinski definition) is 2. The second-order valence-electron chi connectivity index (χ2n) is 3.94. The van der Waals surface area contributed by atoms with Crippen molar-refractivity contribution in [1.82, 2.24) is 5.32 Å². The van der Waals surface area contributed by atoms with E-state index in [-0.39, 0.29) is 0 Å². The molecule has 0 heterocycles. The summed E-state index contributed by atoms with van der Waals surface area (Å²) in [5, 5.41) is 14.3. The van der Waals surface area contributed by atoms with Crippen LogP contribution in [0.1, 0.15) is 58.8 Å². The third-order valence-electron chi connectivity index (χ3n) is 2.37. The van der Waals surface area contributed by atoms with Crippen molar-refractivity contribution in [2.24, 2.45) is 0 Å². The van der Waals surface area contributed by atoms with Gasteiger partial charge in [-0.05, 0) is 19.4 Å². The lowest BCUT2D eigenvalue weighted by Gasteiger charge is -2.10. The van der Waals surface area contributed by atoms with Gasteiger partial charge in [-0.25, -0.2) is 5.11 Å². The topological polar surface area (TPSA) is 41.2 Å². The Balaban J connectivity index is 3.02. The summed E-state index contributed by atoms with van der Waals surface area (Å²) in [5.74, 6) is 0. The molecule has 1 radical (unpaired) electrons. The van der Waals surface area contributed by atoms with Gasteiger partial charge in [-0.3, -0.25) is 5.32 Å². The Hall–Kier alpha value is -0.120. The zero-order valence-corrected chi connectivity index (χ0v) is 10.3. The van der Waals surface area contributed by atoms with Gasteiger partial charge in [0.2, 0.25) is 0 Å². The minimum Gasteiger partial charge on any atom is -0.334 e. The van der Waals surface area contributed by atoms with Gasteiger partial charge in [0, 0.05) is 6.42 Å². The lowest BCUT2D eigenvalue weighted by molar-refractivity contribution is -0.148. The van der Waals surface area contributed by atoms with Gasteiger partial charge in [0.1, 0.15) is 0 Å². The van der Waals surface area contributed by atoms with Crippen LogP contribution in [-0.4, -0.2) is 19.6 Å². The maximum Gasteiger partial charge on any atom is 0.192 e. The minimum atomic E-state index is -0.840. The molecular formula is C12H26NO2. The van der Waals surface area contributed by atoms with Crippen LogP contribution in [0.3, 0.4) is 0 Å². The number of ether oxygens (including phenoxy) is 1. The average Bonchev–Trinajstić information content (AvgIpc) is 2.25. The molecule has 0 aliphatic carbocycles. The van der Waals surface area contributed by atoms with Gasteiger partial charge in [-0.1, -0.05) is 39.5 Å². The van der Waals surface area contributed by atoms with Crippen molar-refractivity contribution in [2.75, 3.05) is 13.3 Å². The molecule has 91 valence electrons. The van der Waals surface area contributed by atoms with Crippen LogP contribution in [0.4, 0.5) is 0 Å². The quantitative estimate of drug-likeness (QED) is 0.426. The van der Waals surface area contributed by atoms with Crippen LogP contribution < -0.4 is 5.32 Å². The first-order valence-electron chi connectivity index (χ1n) is 6.29. The van der Waals surface area contributed by atoms with E-state index in [0.29, 0.717) is 13.2 Å². The molecule has 15 heavy (non-hydrogen) atoms. The van der Waals surface area contributed by atoms with Crippen LogP contribution in [0, 0.1) is 0 Å². The molecule has 3 nitrogen and oxygen atoms in total.